The van der Waals surface area contributed by atoms with Gasteiger partial charge in [-0.25, -0.2) is 9.97 Å². The minimum Gasteiger partial charge on any atom is -0.492 e. The smallest absolute Gasteiger partial charge is 0.174 e. The molecule has 3 nitrogen and oxygen atoms in total. The van der Waals surface area contributed by atoms with Crippen molar-refractivity contribution in [2.24, 2.45) is 0 Å². The average Bonchev–Trinajstić information content (AvgIpc) is 2.70. The molecule has 0 N–H and O–H groups in total. The van der Waals surface area contributed by atoms with Crippen LogP contribution in [0.5, 0.6) is 5.75 Å². The van der Waals surface area contributed by atoms with E-state index in [9.17, 15) is 0 Å². The Kier molecular flexibility index (Phi) is 2.87. The fraction of sp³-hybridized carbons (Fsp3) is 0.600. The number of ether oxygens (including phenoxy) is 1. The highest BCUT2D eigenvalue weighted by Gasteiger charge is 2.20. The van der Waals surface area contributed by atoms with E-state index in [2.05, 4.69) is 9.97 Å². The van der Waals surface area contributed by atoms with Crippen LogP contribution in [-0.2, 0) is 0 Å². The van der Waals surface area contributed by atoms with Crippen molar-refractivity contribution in [2.75, 3.05) is 7.11 Å². The highest BCUT2D eigenvalue weighted by Crippen LogP contribution is 2.33. The Balaban J connectivity index is 2.23. The Morgan fingerprint density at radius 2 is 2.14 bits per heavy atom. The molecule has 1 aromatic heterocycles. The summed E-state index contributed by atoms with van der Waals surface area (Å²) in [5.74, 6) is 1.92. The zero-order valence-electron chi connectivity index (χ0n) is 8.16. The summed E-state index contributed by atoms with van der Waals surface area (Å²) in [7, 11) is 1.57. The van der Waals surface area contributed by atoms with Crippen LogP contribution in [0.25, 0.3) is 0 Å². The molecule has 1 heterocycles. The summed E-state index contributed by atoms with van der Waals surface area (Å²) in [4.78, 5) is 8.53. The number of hydrogen-bond donors (Lipinski definition) is 0. The second-order valence-electron chi connectivity index (χ2n) is 3.57. The summed E-state index contributed by atoms with van der Waals surface area (Å²) in [5, 5.41) is 0.421. The van der Waals surface area contributed by atoms with Gasteiger partial charge < -0.3 is 4.74 Å². The lowest BCUT2D eigenvalue weighted by Gasteiger charge is -2.08. The van der Waals surface area contributed by atoms with Crippen molar-refractivity contribution in [1.29, 1.82) is 0 Å². The normalized spacial score (nSPS) is 17.3. The highest BCUT2D eigenvalue weighted by atomic mass is 35.5. The van der Waals surface area contributed by atoms with Gasteiger partial charge in [0.1, 0.15) is 5.82 Å². The number of hydrogen-bond acceptors (Lipinski definition) is 3. The molecule has 76 valence electrons. The molecule has 1 aliphatic carbocycles. The number of rotatable bonds is 2. The minimum absolute atomic E-state index is 0.421. The van der Waals surface area contributed by atoms with E-state index in [4.69, 9.17) is 16.3 Å². The summed E-state index contributed by atoms with van der Waals surface area (Å²) in [5.41, 5.74) is 0. The van der Waals surface area contributed by atoms with Gasteiger partial charge in [0.25, 0.3) is 0 Å². The molecule has 14 heavy (non-hydrogen) atoms. The predicted molar refractivity (Wildman–Crippen MR) is 54.8 cm³/mol. The zero-order chi connectivity index (χ0) is 9.97. The van der Waals surface area contributed by atoms with Gasteiger partial charge in [-0.2, -0.15) is 0 Å². The van der Waals surface area contributed by atoms with Crippen molar-refractivity contribution in [3.05, 3.63) is 17.2 Å². The summed E-state index contributed by atoms with van der Waals surface area (Å²) in [6.45, 7) is 0. The molecule has 0 unspecified atom stereocenters. The van der Waals surface area contributed by atoms with Crippen LogP contribution in [0, 0.1) is 0 Å². The summed E-state index contributed by atoms with van der Waals surface area (Å²) in [6.07, 6.45) is 6.57. The largest absolute Gasteiger partial charge is 0.492 e. The number of methoxy groups -OCH3 is 1. The van der Waals surface area contributed by atoms with E-state index < -0.39 is 0 Å². The van der Waals surface area contributed by atoms with Gasteiger partial charge in [-0.3, -0.25) is 0 Å². The van der Waals surface area contributed by atoms with E-state index in [1.807, 2.05) is 0 Å². The zero-order valence-corrected chi connectivity index (χ0v) is 8.92. The van der Waals surface area contributed by atoms with Crippen molar-refractivity contribution < 1.29 is 4.74 Å². The van der Waals surface area contributed by atoms with E-state index in [0.717, 1.165) is 5.82 Å². The number of nitrogens with zero attached hydrogens (tertiary/aromatic N) is 2. The lowest BCUT2D eigenvalue weighted by molar-refractivity contribution is 0.409. The van der Waals surface area contributed by atoms with Crippen LogP contribution in [0.15, 0.2) is 6.20 Å². The van der Waals surface area contributed by atoms with E-state index in [-0.39, 0.29) is 0 Å². The van der Waals surface area contributed by atoms with Gasteiger partial charge in [0.05, 0.1) is 13.3 Å². The third kappa shape index (κ3) is 1.82. The molecule has 0 aliphatic heterocycles. The summed E-state index contributed by atoms with van der Waals surface area (Å²) in [6, 6.07) is 0. The maximum atomic E-state index is 5.93. The predicted octanol–water partition coefficient (Wildman–Crippen LogP) is 2.80. The van der Waals surface area contributed by atoms with Crippen LogP contribution < -0.4 is 4.74 Å². The molecule has 0 radical (unpaired) electrons. The first-order valence-corrected chi connectivity index (χ1v) is 5.25. The molecule has 0 bridgehead atoms. The van der Waals surface area contributed by atoms with Crippen LogP contribution in [0.2, 0.25) is 5.15 Å². The quantitative estimate of drug-likeness (QED) is 0.708. The van der Waals surface area contributed by atoms with E-state index in [1.54, 1.807) is 13.3 Å². The van der Waals surface area contributed by atoms with Crippen LogP contribution >= 0.6 is 11.6 Å². The maximum absolute atomic E-state index is 5.93. The number of aromatic nitrogens is 2. The molecule has 0 aromatic carbocycles. The molecule has 0 atom stereocenters. The van der Waals surface area contributed by atoms with Gasteiger partial charge in [0.2, 0.25) is 0 Å². The lowest BCUT2D eigenvalue weighted by Crippen LogP contribution is -2.01. The summed E-state index contributed by atoms with van der Waals surface area (Å²) < 4.78 is 5.01. The standard InChI is InChI=1S/C10H13ClN2O/c1-14-8-6-12-10(13-9(8)11)7-4-2-3-5-7/h6-7H,2-5H2,1H3. The van der Waals surface area contributed by atoms with E-state index in [0.29, 0.717) is 16.8 Å². The molecule has 4 heteroatoms. The molecule has 1 fully saturated rings. The Morgan fingerprint density at radius 3 is 2.71 bits per heavy atom. The van der Waals surface area contributed by atoms with Crippen LogP contribution in [0.3, 0.4) is 0 Å². The second kappa shape index (κ2) is 4.13. The topological polar surface area (TPSA) is 35.0 Å². The third-order valence-electron chi connectivity index (χ3n) is 2.67. The third-order valence-corrected chi connectivity index (χ3v) is 2.94. The Hall–Kier alpha value is -0.830. The molecule has 1 saturated carbocycles. The fourth-order valence-corrected chi connectivity index (χ4v) is 2.09. The molecule has 0 amide bonds. The monoisotopic (exact) mass is 212 g/mol. The SMILES string of the molecule is COc1cnc(C2CCCC2)nc1Cl. The van der Waals surface area contributed by atoms with Crippen molar-refractivity contribution in [3.8, 4) is 5.75 Å². The lowest BCUT2D eigenvalue weighted by atomic mass is 10.1. The first kappa shape index (κ1) is 9.71. The molecular weight excluding hydrogens is 200 g/mol. The Labute approximate surface area is 88.5 Å². The molecule has 0 spiro atoms. The van der Waals surface area contributed by atoms with Crippen LogP contribution in [0.4, 0.5) is 0 Å². The number of halogens is 1. The van der Waals surface area contributed by atoms with E-state index in [1.165, 1.54) is 25.7 Å². The van der Waals surface area contributed by atoms with Gasteiger partial charge >= 0.3 is 0 Å². The van der Waals surface area contributed by atoms with Gasteiger partial charge in [-0.05, 0) is 12.8 Å². The first-order chi connectivity index (χ1) is 6.81. The molecular formula is C10H13ClN2O. The molecule has 2 rings (SSSR count). The van der Waals surface area contributed by atoms with Gasteiger partial charge in [-0.15, -0.1) is 0 Å². The highest BCUT2D eigenvalue weighted by molar-refractivity contribution is 6.30. The first-order valence-electron chi connectivity index (χ1n) is 4.87. The average molecular weight is 213 g/mol. The fourth-order valence-electron chi connectivity index (χ4n) is 1.88. The maximum Gasteiger partial charge on any atom is 0.174 e. The minimum atomic E-state index is 0.421. The summed E-state index contributed by atoms with van der Waals surface area (Å²) >= 11 is 5.93. The molecule has 1 aromatic rings. The van der Waals surface area contributed by atoms with Crippen molar-refractivity contribution in [1.82, 2.24) is 9.97 Å². The Morgan fingerprint density at radius 1 is 1.43 bits per heavy atom. The van der Waals surface area contributed by atoms with Crippen LogP contribution in [0.1, 0.15) is 37.4 Å². The van der Waals surface area contributed by atoms with Gasteiger partial charge in [0, 0.05) is 5.92 Å². The Bertz CT molecular complexity index is 324. The molecule has 1 aliphatic rings. The van der Waals surface area contributed by atoms with Gasteiger partial charge in [0.15, 0.2) is 10.9 Å². The molecule has 0 saturated heterocycles. The van der Waals surface area contributed by atoms with Gasteiger partial charge in [-0.1, -0.05) is 24.4 Å². The van der Waals surface area contributed by atoms with Crippen LogP contribution in [-0.4, -0.2) is 17.1 Å². The van der Waals surface area contributed by atoms with E-state index >= 15 is 0 Å². The van der Waals surface area contributed by atoms with Crippen molar-refractivity contribution in [2.45, 2.75) is 31.6 Å². The second-order valence-corrected chi connectivity index (χ2v) is 3.93. The van der Waals surface area contributed by atoms with Crippen molar-refractivity contribution >= 4 is 11.6 Å². The van der Waals surface area contributed by atoms with Crippen molar-refractivity contribution in [3.63, 3.8) is 0 Å².